The van der Waals surface area contributed by atoms with Crippen molar-refractivity contribution in [2.24, 2.45) is 5.73 Å². The Balaban J connectivity index is 0.000000201. The van der Waals surface area contributed by atoms with E-state index in [1.807, 2.05) is 67.3 Å². The van der Waals surface area contributed by atoms with E-state index in [0.717, 1.165) is 42.3 Å². The van der Waals surface area contributed by atoms with E-state index in [0.29, 0.717) is 45.7 Å². The number of benzene rings is 2. The highest BCUT2D eigenvalue weighted by molar-refractivity contribution is 7.94. The van der Waals surface area contributed by atoms with E-state index in [-0.39, 0.29) is 60.6 Å². The van der Waals surface area contributed by atoms with Gasteiger partial charge in [-0.05, 0) is 109 Å². The van der Waals surface area contributed by atoms with E-state index in [4.69, 9.17) is 19.9 Å². The van der Waals surface area contributed by atoms with Gasteiger partial charge in [-0.3, -0.25) is 9.59 Å². The smallest absolute Gasteiger partial charge is 0.407 e. The number of anilines is 2. The molecule has 7 rings (SSSR count). The number of carbonyl (C=O) groups excluding carboxylic acids is 3. The van der Waals surface area contributed by atoms with Gasteiger partial charge in [0.25, 0.3) is 0 Å². The van der Waals surface area contributed by atoms with Crippen molar-refractivity contribution in [3.05, 3.63) is 48.5 Å². The summed E-state index contributed by atoms with van der Waals surface area (Å²) in [5.74, 6) is 0.134. The Morgan fingerprint density at radius 3 is 1.64 bits per heavy atom. The number of nitrogens with two attached hydrogens (primary N) is 1. The fourth-order valence-electron chi connectivity index (χ4n) is 8.67. The fraction of sp³-hybridized carbons (Fsp3) is 0.634. The second-order valence-electron chi connectivity index (χ2n) is 16.9. The number of likely N-dealkylation sites (tertiary alicyclic amines) is 2. The van der Waals surface area contributed by atoms with Crippen LogP contribution in [-0.4, -0.2) is 149 Å². The van der Waals surface area contributed by atoms with Crippen LogP contribution in [0.2, 0.25) is 0 Å². The molecule has 3 amide bonds. The molecular formula is C41H60N6O10S2. The zero-order valence-electron chi connectivity index (χ0n) is 34.8. The maximum absolute atomic E-state index is 13.1. The van der Waals surface area contributed by atoms with E-state index in [9.17, 15) is 31.2 Å². The number of nitrogens with zero attached hydrogens (tertiary/aromatic N) is 4. The highest BCUT2D eigenvalue weighted by atomic mass is 32.2. The molecule has 4 heterocycles. The Morgan fingerprint density at radius 2 is 1.24 bits per heavy atom. The van der Waals surface area contributed by atoms with E-state index in [2.05, 4.69) is 15.1 Å². The number of ether oxygens (including phenoxy) is 3. The van der Waals surface area contributed by atoms with Crippen molar-refractivity contribution in [2.75, 3.05) is 79.5 Å². The molecule has 1 saturated carbocycles. The lowest BCUT2D eigenvalue weighted by Crippen LogP contribution is -2.54. The van der Waals surface area contributed by atoms with E-state index in [1.165, 1.54) is 0 Å². The summed E-state index contributed by atoms with van der Waals surface area (Å²) < 4.78 is 64.7. The van der Waals surface area contributed by atoms with Crippen LogP contribution >= 0.6 is 0 Å². The minimum Gasteiger partial charge on any atom is -0.494 e. The summed E-state index contributed by atoms with van der Waals surface area (Å²) in [5, 5.41) is 2.42. The molecule has 18 heteroatoms. The van der Waals surface area contributed by atoms with Crippen molar-refractivity contribution < 1.29 is 45.4 Å². The minimum absolute atomic E-state index is 0.00848. The summed E-state index contributed by atoms with van der Waals surface area (Å²) in [4.78, 5) is 45.5. The van der Waals surface area contributed by atoms with Crippen molar-refractivity contribution >= 4 is 49.0 Å². The third kappa shape index (κ3) is 10.2. The van der Waals surface area contributed by atoms with Crippen LogP contribution in [0.4, 0.5) is 16.2 Å². The van der Waals surface area contributed by atoms with Gasteiger partial charge in [0.15, 0.2) is 24.4 Å². The van der Waals surface area contributed by atoms with Crippen LogP contribution in [0.25, 0.3) is 0 Å². The molecule has 5 aliphatic rings. The maximum Gasteiger partial charge on any atom is 0.407 e. The van der Waals surface area contributed by atoms with Gasteiger partial charge in [0.2, 0.25) is 11.8 Å². The summed E-state index contributed by atoms with van der Waals surface area (Å²) >= 11 is 0. The van der Waals surface area contributed by atoms with Crippen LogP contribution < -0.4 is 30.3 Å². The molecule has 0 spiro atoms. The zero-order valence-corrected chi connectivity index (χ0v) is 36.4. The lowest BCUT2D eigenvalue weighted by atomic mass is 10.2. The highest BCUT2D eigenvalue weighted by Crippen LogP contribution is 2.48. The van der Waals surface area contributed by atoms with Crippen LogP contribution in [0.15, 0.2) is 48.5 Å². The number of sulfone groups is 2. The van der Waals surface area contributed by atoms with Crippen molar-refractivity contribution in [1.82, 2.24) is 15.1 Å². The monoisotopic (exact) mass is 860 g/mol. The van der Waals surface area contributed by atoms with Crippen LogP contribution in [-0.2, 0) is 34.0 Å². The SMILES string of the molecule is CCOc1ccc(N2C[C@@H]3C[C@H]2CN3C(=O)C2(S(=O)(=O)CCN)CC2)cc1.CCOc1ccc(N2C[C@@H]3C[C@H]2CN3C(=O)CS(=O)(=O)CCNC(=O)OC(C)(C)C)cc1. The summed E-state index contributed by atoms with van der Waals surface area (Å²) in [5.41, 5.74) is 6.98. The van der Waals surface area contributed by atoms with Crippen molar-refractivity contribution in [1.29, 1.82) is 0 Å². The van der Waals surface area contributed by atoms with Gasteiger partial charge in [-0.25, -0.2) is 21.6 Å². The van der Waals surface area contributed by atoms with Gasteiger partial charge in [0.05, 0.1) is 36.8 Å². The molecule has 326 valence electrons. The molecule has 2 aromatic rings. The molecule has 0 aromatic heterocycles. The lowest BCUT2D eigenvalue weighted by Gasteiger charge is -2.37. The van der Waals surface area contributed by atoms with Gasteiger partial charge in [-0.2, -0.15) is 0 Å². The van der Waals surface area contributed by atoms with Crippen LogP contribution in [0.3, 0.4) is 0 Å². The largest absolute Gasteiger partial charge is 0.494 e. The van der Waals surface area contributed by atoms with Crippen LogP contribution in [0, 0.1) is 0 Å². The third-order valence-corrected chi connectivity index (χ3v) is 15.6. The molecular weight excluding hydrogens is 801 g/mol. The van der Waals surface area contributed by atoms with Crippen molar-refractivity contribution in [3.8, 4) is 11.5 Å². The number of alkyl carbamates (subject to hydrolysis) is 1. The van der Waals surface area contributed by atoms with Crippen molar-refractivity contribution in [2.45, 2.75) is 94.8 Å². The van der Waals surface area contributed by atoms with Gasteiger partial charge >= 0.3 is 6.09 Å². The lowest BCUT2D eigenvalue weighted by molar-refractivity contribution is -0.132. The van der Waals surface area contributed by atoms with Gasteiger partial charge in [-0.1, -0.05) is 0 Å². The molecule has 4 saturated heterocycles. The number of amides is 3. The molecule has 0 radical (unpaired) electrons. The Morgan fingerprint density at radius 1 is 0.746 bits per heavy atom. The average Bonchev–Trinajstić information content (AvgIpc) is 3.44. The first-order valence-corrected chi connectivity index (χ1v) is 24.1. The predicted octanol–water partition coefficient (Wildman–Crippen LogP) is 2.60. The van der Waals surface area contributed by atoms with Crippen LogP contribution in [0.1, 0.15) is 60.3 Å². The molecule has 16 nitrogen and oxygen atoms in total. The molecule has 1 aliphatic carbocycles. The third-order valence-electron chi connectivity index (χ3n) is 11.5. The topological polar surface area (TPSA) is 198 Å². The highest BCUT2D eigenvalue weighted by Gasteiger charge is 2.63. The molecule has 5 fully saturated rings. The predicted molar refractivity (Wildman–Crippen MR) is 225 cm³/mol. The first kappa shape index (κ1) is 44.3. The molecule has 3 N–H and O–H groups in total. The number of carbonyl (C=O) groups is 3. The molecule has 4 bridgehead atoms. The molecule has 0 unspecified atom stereocenters. The van der Waals surface area contributed by atoms with E-state index < -0.39 is 41.9 Å². The Bertz CT molecular complexity index is 2040. The van der Waals surface area contributed by atoms with Crippen molar-refractivity contribution in [3.63, 3.8) is 0 Å². The number of fused-ring (bicyclic) bond motifs is 4. The average molecular weight is 861 g/mol. The molecule has 4 aliphatic heterocycles. The van der Waals surface area contributed by atoms with E-state index in [1.54, 1.807) is 25.7 Å². The number of nitrogens with one attached hydrogen (secondary N) is 1. The summed E-state index contributed by atoms with van der Waals surface area (Å²) in [7, 11) is -7.11. The van der Waals surface area contributed by atoms with Crippen LogP contribution in [0.5, 0.6) is 11.5 Å². The number of rotatable bonds is 15. The number of hydrogen-bond acceptors (Lipinski definition) is 13. The standard InChI is InChI=1S/C22H33N3O6S.C19H27N3O4S/c1-5-30-19-8-6-16(7-9-19)24-13-18-12-17(24)14-25(18)20(26)15-32(28,29)11-10-23-21(27)31-22(2,3)4;1-2-26-17-5-3-14(4-6-17)21-12-16-11-15(21)13-22(16)18(23)19(7-8-19)27(24,25)10-9-20/h6-9,17-18H,5,10-15H2,1-4H3,(H,23,27);3-6,15-16H,2,7-13,20H2,1H3/t17-,18-;15-,16-/m00/s1. The summed E-state index contributed by atoms with van der Waals surface area (Å²) in [6, 6.07) is 16.4. The Labute approximate surface area is 348 Å². The quantitative estimate of drug-likeness (QED) is 0.265. The Hall–Kier alpha value is -4.29. The normalized spacial score (nSPS) is 22.8. The van der Waals surface area contributed by atoms with Gasteiger partial charge in [-0.15, -0.1) is 0 Å². The van der Waals surface area contributed by atoms with E-state index >= 15 is 0 Å². The fourth-order valence-corrected chi connectivity index (χ4v) is 11.6. The number of piperazine rings is 2. The number of hydrogen-bond donors (Lipinski definition) is 2. The first-order chi connectivity index (χ1) is 27.9. The molecule has 4 atom stereocenters. The molecule has 59 heavy (non-hydrogen) atoms. The molecule has 2 aromatic carbocycles. The second-order valence-corrected chi connectivity index (χ2v) is 21.5. The summed E-state index contributed by atoms with van der Waals surface area (Å²) in [6.07, 6.45) is 1.92. The second kappa shape index (κ2) is 17.7. The van der Waals surface area contributed by atoms with Gasteiger partial charge < -0.3 is 44.9 Å². The first-order valence-electron chi connectivity index (χ1n) is 20.6. The Kier molecular flexibility index (Phi) is 13.3. The minimum atomic E-state index is -3.64. The zero-order chi connectivity index (χ0) is 42.8. The van der Waals surface area contributed by atoms with Gasteiger partial charge in [0, 0.05) is 62.7 Å². The summed E-state index contributed by atoms with van der Waals surface area (Å²) in [6.45, 7) is 12.8. The maximum atomic E-state index is 13.1. The van der Waals surface area contributed by atoms with Gasteiger partial charge in [0.1, 0.15) is 22.9 Å².